The zero-order valence-electron chi connectivity index (χ0n) is 9.08. The molecule has 1 saturated heterocycles. The van der Waals surface area contributed by atoms with Gasteiger partial charge in [0.2, 0.25) is 0 Å². The zero-order chi connectivity index (χ0) is 10.0. The number of rotatable bonds is 2. The van der Waals surface area contributed by atoms with E-state index < -0.39 is 0 Å². The van der Waals surface area contributed by atoms with Gasteiger partial charge >= 0.3 is 6.03 Å². The second-order valence-corrected chi connectivity index (χ2v) is 4.17. The molecule has 0 bridgehead atoms. The molecule has 0 aromatic heterocycles. The van der Waals surface area contributed by atoms with E-state index in [0.29, 0.717) is 6.04 Å². The Kier molecular flexibility index (Phi) is 3.17. The monoisotopic (exact) mass is 184 g/mol. The van der Waals surface area contributed by atoms with Gasteiger partial charge in [-0.05, 0) is 26.2 Å². The van der Waals surface area contributed by atoms with Gasteiger partial charge in [0.25, 0.3) is 0 Å². The lowest BCUT2D eigenvalue weighted by Gasteiger charge is -2.41. The predicted molar refractivity (Wildman–Crippen MR) is 53.6 cm³/mol. The lowest BCUT2D eigenvalue weighted by Crippen LogP contribution is -2.55. The van der Waals surface area contributed by atoms with Gasteiger partial charge in [0, 0.05) is 26.2 Å². The van der Waals surface area contributed by atoms with E-state index in [4.69, 9.17) is 0 Å². The van der Waals surface area contributed by atoms with Crippen LogP contribution in [-0.2, 0) is 0 Å². The van der Waals surface area contributed by atoms with Gasteiger partial charge in [-0.25, -0.2) is 4.79 Å². The third-order valence-corrected chi connectivity index (χ3v) is 2.88. The number of carbonyl (C=O) groups is 1. The molecule has 0 N–H and O–H groups in total. The molecule has 1 rings (SSSR count). The Morgan fingerprint density at radius 1 is 1.54 bits per heavy atom. The Hall–Kier alpha value is -0.730. The Morgan fingerprint density at radius 2 is 2.08 bits per heavy atom. The van der Waals surface area contributed by atoms with E-state index in [1.807, 2.05) is 25.8 Å². The smallest absolute Gasteiger partial charge is 0.319 e. The summed E-state index contributed by atoms with van der Waals surface area (Å²) in [6.07, 6.45) is 1.19. The van der Waals surface area contributed by atoms with Crippen LogP contribution in [0.25, 0.3) is 0 Å². The van der Waals surface area contributed by atoms with Crippen LogP contribution in [0, 0.1) is 5.92 Å². The van der Waals surface area contributed by atoms with Crippen molar-refractivity contribution in [3.05, 3.63) is 0 Å². The summed E-state index contributed by atoms with van der Waals surface area (Å²) in [5.74, 6) is 0.740. The van der Waals surface area contributed by atoms with Crippen molar-refractivity contribution in [2.24, 2.45) is 5.92 Å². The number of hydrogen-bond donors (Lipinski definition) is 0. The zero-order valence-corrected chi connectivity index (χ0v) is 9.08. The molecule has 1 heterocycles. The van der Waals surface area contributed by atoms with Gasteiger partial charge in [0.15, 0.2) is 0 Å². The van der Waals surface area contributed by atoms with E-state index in [1.165, 1.54) is 6.42 Å². The van der Waals surface area contributed by atoms with E-state index in [0.717, 1.165) is 19.0 Å². The lowest BCUT2D eigenvalue weighted by molar-refractivity contribution is 0.0885. The van der Waals surface area contributed by atoms with E-state index in [1.54, 1.807) is 4.90 Å². The Balaban J connectivity index is 2.34. The molecule has 0 atom stereocenters. The number of likely N-dealkylation sites (tertiary alicyclic amines) is 1. The van der Waals surface area contributed by atoms with Crippen molar-refractivity contribution in [2.45, 2.75) is 33.2 Å². The first-order valence-corrected chi connectivity index (χ1v) is 5.08. The van der Waals surface area contributed by atoms with Crippen LogP contribution >= 0.6 is 0 Å². The van der Waals surface area contributed by atoms with Gasteiger partial charge in [0.1, 0.15) is 0 Å². The normalized spacial score (nSPS) is 17.5. The number of carbonyl (C=O) groups excluding carboxylic acids is 1. The highest BCUT2D eigenvalue weighted by atomic mass is 16.2. The maximum atomic E-state index is 11.7. The van der Waals surface area contributed by atoms with Crippen molar-refractivity contribution >= 4 is 6.03 Å². The molecule has 0 aromatic rings. The Morgan fingerprint density at radius 3 is 2.46 bits per heavy atom. The minimum Gasteiger partial charge on any atom is -0.325 e. The topological polar surface area (TPSA) is 23.6 Å². The molecule has 0 aliphatic carbocycles. The van der Waals surface area contributed by atoms with Crippen molar-refractivity contribution < 1.29 is 4.79 Å². The molecule has 3 heteroatoms. The van der Waals surface area contributed by atoms with Gasteiger partial charge in [0.05, 0.1) is 0 Å². The van der Waals surface area contributed by atoms with Gasteiger partial charge < -0.3 is 9.80 Å². The van der Waals surface area contributed by atoms with Crippen LogP contribution in [0.15, 0.2) is 0 Å². The van der Waals surface area contributed by atoms with Crippen molar-refractivity contribution in [2.75, 3.05) is 20.1 Å². The molecule has 1 fully saturated rings. The van der Waals surface area contributed by atoms with Gasteiger partial charge in [-0.15, -0.1) is 0 Å². The average Bonchev–Trinajstić information content (AvgIpc) is 2.00. The van der Waals surface area contributed by atoms with E-state index in [2.05, 4.69) is 6.92 Å². The predicted octanol–water partition coefficient (Wildman–Crippen LogP) is 1.79. The molecule has 0 aromatic carbocycles. The molecule has 0 unspecified atom stereocenters. The molecule has 13 heavy (non-hydrogen) atoms. The third kappa shape index (κ3) is 2.14. The molecule has 1 aliphatic rings. The summed E-state index contributed by atoms with van der Waals surface area (Å²) in [6, 6.07) is 0.480. The number of hydrogen-bond acceptors (Lipinski definition) is 1. The summed E-state index contributed by atoms with van der Waals surface area (Å²) in [5.41, 5.74) is 0. The first-order valence-electron chi connectivity index (χ1n) is 5.08. The molecule has 3 nitrogen and oxygen atoms in total. The SMILES string of the molecule is CCC1CN(C(=O)N(C)C(C)C)C1. The van der Waals surface area contributed by atoms with Crippen LogP contribution in [0.4, 0.5) is 4.79 Å². The van der Waals surface area contributed by atoms with E-state index in [9.17, 15) is 4.79 Å². The number of nitrogens with zero attached hydrogens (tertiary/aromatic N) is 2. The summed E-state index contributed by atoms with van der Waals surface area (Å²) in [7, 11) is 1.87. The maximum Gasteiger partial charge on any atom is 0.319 e. The molecule has 76 valence electrons. The fraction of sp³-hybridized carbons (Fsp3) is 0.900. The minimum absolute atomic E-state index is 0.180. The van der Waals surface area contributed by atoms with E-state index in [-0.39, 0.29) is 6.03 Å². The van der Waals surface area contributed by atoms with Crippen molar-refractivity contribution in [3.63, 3.8) is 0 Å². The molecule has 0 radical (unpaired) electrons. The highest BCUT2D eigenvalue weighted by Gasteiger charge is 2.31. The van der Waals surface area contributed by atoms with Gasteiger partial charge in [-0.1, -0.05) is 6.92 Å². The summed E-state index contributed by atoms with van der Waals surface area (Å²) >= 11 is 0. The first kappa shape index (κ1) is 10.4. The summed E-state index contributed by atoms with van der Waals surface area (Å²) in [5, 5.41) is 0. The van der Waals surface area contributed by atoms with Crippen molar-refractivity contribution in [1.82, 2.24) is 9.80 Å². The lowest BCUT2D eigenvalue weighted by atomic mass is 9.98. The maximum absolute atomic E-state index is 11.7. The summed E-state index contributed by atoms with van der Waals surface area (Å²) in [4.78, 5) is 15.4. The van der Waals surface area contributed by atoms with Crippen LogP contribution in [0.3, 0.4) is 0 Å². The fourth-order valence-electron chi connectivity index (χ4n) is 1.43. The number of amides is 2. The standard InChI is InChI=1S/C10H20N2O/c1-5-9-6-12(7-9)10(13)11(4)8(2)3/h8-9H,5-7H2,1-4H3. The Bertz CT molecular complexity index is 185. The fourth-order valence-corrected chi connectivity index (χ4v) is 1.43. The van der Waals surface area contributed by atoms with E-state index >= 15 is 0 Å². The molecule has 0 saturated carbocycles. The van der Waals surface area contributed by atoms with Crippen molar-refractivity contribution in [3.8, 4) is 0 Å². The average molecular weight is 184 g/mol. The molecular weight excluding hydrogens is 164 g/mol. The highest BCUT2D eigenvalue weighted by Crippen LogP contribution is 2.20. The van der Waals surface area contributed by atoms with Gasteiger partial charge in [-0.2, -0.15) is 0 Å². The highest BCUT2D eigenvalue weighted by molar-refractivity contribution is 5.75. The first-order chi connectivity index (χ1) is 6.06. The van der Waals surface area contributed by atoms with Crippen LogP contribution in [0.2, 0.25) is 0 Å². The Labute approximate surface area is 80.7 Å². The van der Waals surface area contributed by atoms with Crippen molar-refractivity contribution in [1.29, 1.82) is 0 Å². The summed E-state index contributed by atoms with van der Waals surface area (Å²) in [6.45, 7) is 8.15. The molecular formula is C10H20N2O. The minimum atomic E-state index is 0.180. The summed E-state index contributed by atoms with van der Waals surface area (Å²) < 4.78 is 0. The second kappa shape index (κ2) is 3.99. The third-order valence-electron chi connectivity index (χ3n) is 2.88. The van der Waals surface area contributed by atoms with Gasteiger partial charge in [-0.3, -0.25) is 0 Å². The number of urea groups is 1. The van der Waals surface area contributed by atoms with Crippen LogP contribution in [0.5, 0.6) is 0 Å². The second-order valence-electron chi connectivity index (χ2n) is 4.17. The van der Waals surface area contributed by atoms with Crippen LogP contribution in [0.1, 0.15) is 27.2 Å². The van der Waals surface area contributed by atoms with Crippen LogP contribution in [-0.4, -0.2) is 42.0 Å². The molecule has 0 spiro atoms. The molecule has 1 aliphatic heterocycles. The quantitative estimate of drug-likeness (QED) is 0.641. The molecule has 2 amide bonds. The van der Waals surface area contributed by atoms with Crippen LogP contribution < -0.4 is 0 Å². The largest absolute Gasteiger partial charge is 0.325 e.